The van der Waals surface area contributed by atoms with Gasteiger partial charge in [0, 0.05) is 44.9 Å². The second-order valence-corrected chi connectivity index (χ2v) is 11.7. The lowest BCUT2D eigenvalue weighted by Gasteiger charge is -2.37. The van der Waals surface area contributed by atoms with Gasteiger partial charge >= 0.3 is 12.1 Å². The van der Waals surface area contributed by atoms with Crippen LogP contribution in [0.15, 0.2) is 65.1 Å². The highest BCUT2D eigenvalue weighted by Crippen LogP contribution is 2.34. The molecule has 6 rings (SSSR count). The Morgan fingerprint density at radius 3 is 2.70 bits per heavy atom. The number of benzene rings is 3. The van der Waals surface area contributed by atoms with E-state index < -0.39 is 12.2 Å². The Morgan fingerprint density at radius 1 is 1.12 bits per heavy atom. The fourth-order valence-corrected chi connectivity index (χ4v) is 6.36. The summed E-state index contributed by atoms with van der Waals surface area (Å²) in [4.78, 5) is 29.8. The minimum atomic E-state index is -0.554. The van der Waals surface area contributed by atoms with Crippen LogP contribution in [0.1, 0.15) is 24.0 Å². The predicted octanol–water partition coefficient (Wildman–Crippen LogP) is 5.14. The predicted molar refractivity (Wildman–Crippen MR) is 165 cm³/mol. The second kappa shape index (κ2) is 12.6. The van der Waals surface area contributed by atoms with Gasteiger partial charge in [0.05, 0.1) is 16.6 Å². The number of nitrogens with one attached hydrogen (secondary N) is 1. The molecule has 0 aliphatic carbocycles. The van der Waals surface area contributed by atoms with Crippen molar-refractivity contribution in [2.75, 3.05) is 38.7 Å². The third kappa shape index (κ3) is 6.16. The molecule has 0 unspecified atom stereocenters. The monoisotopic (exact) mass is 648 g/mol. The van der Waals surface area contributed by atoms with Crippen LogP contribution in [0, 0.1) is 0 Å². The zero-order chi connectivity index (χ0) is 29.9. The number of carbonyl (C=O) groups is 2. The van der Waals surface area contributed by atoms with E-state index in [0.717, 1.165) is 28.8 Å². The second-order valence-electron chi connectivity index (χ2n) is 10.8. The van der Waals surface area contributed by atoms with Crippen molar-refractivity contribution in [3.05, 3.63) is 76.3 Å². The Kier molecular flexibility index (Phi) is 8.48. The summed E-state index contributed by atoms with van der Waals surface area (Å²) in [5, 5.41) is 22.3. The minimum absolute atomic E-state index is 0.0320. The molecule has 2 aliphatic rings. The Morgan fingerprint density at radius 2 is 1.88 bits per heavy atom. The first-order valence-electron chi connectivity index (χ1n) is 14.3. The first-order chi connectivity index (χ1) is 20.9. The molecule has 1 atom stereocenters. The number of para-hydroxylation sites is 2. The maximum absolute atomic E-state index is 13.2. The number of methoxy groups -OCH3 is 1. The third-order valence-electron chi connectivity index (χ3n) is 8.07. The van der Waals surface area contributed by atoms with Gasteiger partial charge in [-0.05, 0) is 76.7 Å². The molecule has 1 aromatic heterocycles. The van der Waals surface area contributed by atoms with Gasteiger partial charge in [-0.15, -0.1) is 5.10 Å². The number of anilines is 1. The molecule has 1 fully saturated rings. The number of halogens is 1. The van der Waals surface area contributed by atoms with Gasteiger partial charge in [-0.2, -0.15) is 0 Å². The van der Waals surface area contributed by atoms with Crippen molar-refractivity contribution in [3.63, 3.8) is 0 Å². The first kappa shape index (κ1) is 28.9. The fourth-order valence-electron chi connectivity index (χ4n) is 5.86. The molecule has 0 saturated carbocycles. The molecular weight excluding hydrogens is 616 g/mol. The van der Waals surface area contributed by atoms with Crippen LogP contribution in [0.25, 0.3) is 16.7 Å². The van der Waals surface area contributed by atoms with E-state index >= 15 is 0 Å². The van der Waals surface area contributed by atoms with Crippen molar-refractivity contribution < 1.29 is 24.2 Å². The number of carbonyl (C=O) groups excluding carboxylic acids is 2. The van der Waals surface area contributed by atoms with Gasteiger partial charge in [-0.25, -0.2) is 14.3 Å². The molecule has 3 amide bonds. The van der Waals surface area contributed by atoms with Gasteiger partial charge in [0.1, 0.15) is 17.3 Å². The summed E-state index contributed by atoms with van der Waals surface area (Å²) in [6, 6.07) is 19.0. The van der Waals surface area contributed by atoms with Crippen LogP contribution in [0.3, 0.4) is 0 Å². The highest BCUT2D eigenvalue weighted by atomic mass is 79.9. The summed E-state index contributed by atoms with van der Waals surface area (Å²) in [5.41, 5.74) is 4.74. The van der Waals surface area contributed by atoms with Crippen molar-refractivity contribution in [1.29, 1.82) is 0 Å². The number of urea groups is 1. The summed E-state index contributed by atoms with van der Waals surface area (Å²) in [7, 11) is 1.57. The molecule has 4 aromatic rings. The number of phenols is 1. The van der Waals surface area contributed by atoms with Crippen molar-refractivity contribution >= 4 is 44.8 Å². The number of piperidine rings is 1. The molecule has 1 saturated heterocycles. The maximum atomic E-state index is 13.2. The molecule has 3 heterocycles. The molecule has 224 valence electrons. The molecule has 0 radical (unpaired) electrons. The molecule has 2 aliphatic heterocycles. The molecule has 12 heteroatoms. The summed E-state index contributed by atoms with van der Waals surface area (Å²) >= 11 is 3.45. The SMILES string of the molecule is COC[C@@H](Cc1cc(Br)c(O)c(-n2nnc3ccccc32)c1)OC(=O)N1CCC(N2CCc3ccccc3NC2=O)CC1. The van der Waals surface area contributed by atoms with E-state index in [-0.39, 0.29) is 24.4 Å². The number of hydrogen-bond acceptors (Lipinski definition) is 7. The number of likely N-dealkylation sites (tertiary alicyclic amines) is 1. The van der Waals surface area contributed by atoms with E-state index in [1.165, 1.54) is 0 Å². The Bertz CT molecular complexity index is 1640. The average molecular weight is 650 g/mol. The Hall–Kier alpha value is -4.16. The summed E-state index contributed by atoms with van der Waals surface area (Å²) in [6.45, 7) is 1.83. The number of rotatable bonds is 7. The number of phenolic OH excluding ortho intramolecular Hbond substituents is 1. The van der Waals surface area contributed by atoms with Gasteiger partial charge in [-0.1, -0.05) is 35.5 Å². The van der Waals surface area contributed by atoms with Gasteiger partial charge in [0.2, 0.25) is 0 Å². The van der Waals surface area contributed by atoms with E-state index in [4.69, 9.17) is 9.47 Å². The normalized spacial score (nSPS) is 16.5. The van der Waals surface area contributed by atoms with Crippen LogP contribution >= 0.6 is 15.9 Å². The quantitative estimate of drug-likeness (QED) is 0.285. The molecule has 2 N–H and O–H groups in total. The van der Waals surface area contributed by atoms with Gasteiger partial charge in [0.25, 0.3) is 0 Å². The van der Waals surface area contributed by atoms with Crippen molar-refractivity contribution in [2.45, 2.75) is 37.8 Å². The van der Waals surface area contributed by atoms with Crippen LogP contribution in [-0.4, -0.2) is 87.5 Å². The number of aromatic hydroxyl groups is 1. The minimum Gasteiger partial charge on any atom is -0.505 e. The van der Waals surface area contributed by atoms with E-state index in [1.54, 1.807) is 22.8 Å². The van der Waals surface area contributed by atoms with Crippen molar-refractivity contribution in [2.24, 2.45) is 0 Å². The first-order valence-corrected chi connectivity index (χ1v) is 15.1. The summed E-state index contributed by atoms with van der Waals surface area (Å²) < 4.78 is 13.4. The average Bonchev–Trinajstić information content (AvgIpc) is 3.36. The van der Waals surface area contributed by atoms with Crippen LogP contribution in [0.4, 0.5) is 15.3 Å². The number of hydrogen-bond donors (Lipinski definition) is 2. The Labute approximate surface area is 257 Å². The topological polar surface area (TPSA) is 122 Å². The highest BCUT2D eigenvalue weighted by Gasteiger charge is 2.32. The largest absolute Gasteiger partial charge is 0.505 e. The zero-order valence-corrected chi connectivity index (χ0v) is 25.4. The van der Waals surface area contributed by atoms with E-state index in [0.29, 0.717) is 54.6 Å². The Balaban J connectivity index is 1.10. The maximum Gasteiger partial charge on any atom is 0.410 e. The number of aromatic nitrogens is 3. The lowest BCUT2D eigenvalue weighted by molar-refractivity contribution is 0.0139. The standard InChI is InChI=1S/C31H33BrN6O5/c1-42-19-23(16-20-17-24(32)29(39)28(18-20)38-27-9-5-4-8-26(27)34-35-38)43-31(41)36-13-11-22(12-14-36)37-15-10-21-6-2-3-7-25(21)33-30(37)40/h2-9,17-18,22-23,39H,10-16,19H2,1H3,(H,33,40)/t23-/m1/s1. The molecule has 43 heavy (non-hydrogen) atoms. The summed E-state index contributed by atoms with van der Waals surface area (Å²) in [6.07, 6.45) is 1.54. The van der Waals surface area contributed by atoms with E-state index in [1.807, 2.05) is 59.5 Å². The zero-order valence-electron chi connectivity index (χ0n) is 23.8. The van der Waals surface area contributed by atoms with Crippen LogP contribution in [0.5, 0.6) is 5.75 Å². The number of fused-ring (bicyclic) bond motifs is 2. The van der Waals surface area contributed by atoms with Crippen molar-refractivity contribution in [3.8, 4) is 11.4 Å². The van der Waals surface area contributed by atoms with Gasteiger partial charge < -0.3 is 29.7 Å². The molecule has 0 bridgehead atoms. The van der Waals surface area contributed by atoms with Crippen molar-refractivity contribution in [1.82, 2.24) is 24.8 Å². The van der Waals surface area contributed by atoms with Gasteiger partial charge in [0.15, 0.2) is 5.75 Å². The number of ether oxygens (including phenoxy) is 2. The lowest BCUT2D eigenvalue weighted by Crippen LogP contribution is -2.50. The van der Waals surface area contributed by atoms with E-state index in [2.05, 4.69) is 31.6 Å². The lowest BCUT2D eigenvalue weighted by atomic mass is 10.0. The molecular formula is C31H33BrN6O5. The van der Waals surface area contributed by atoms with Crippen LogP contribution in [-0.2, 0) is 22.3 Å². The highest BCUT2D eigenvalue weighted by molar-refractivity contribution is 9.10. The smallest absolute Gasteiger partial charge is 0.410 e. The van der Waals surface area contributed by atoms with Crippen LogP contribution in [0.2, 0.25) is 0 Å². The molecule has 3 aromatic carbocycles. The molecule has 11 nitrogen and oxygen atoms in total. The summed E-state index contributed by atoms with van der Waals surface area (Å²) in [5.74, 6) is 0.0320. The fraction of sp³-hybridized carbons (Fsp3) is 0.355. The molecule has 0 spiro atoms. The van der Waals surface area contributed by atoms with Crippen LogP contribution < -0.4 is 5.32 Å². The van der Waals surface area contributed by atoms with Gasteiger partial charge in [-0.3, -0.25) is 0 Å². The third-order valence-corrected chi connectivity index (χ3v) is 8.68. The number of amides is 3. The number of nitrogens with zero attached hydrogens (tertiary/aromatic N) is 5. The van der Waals surface area contributed by atoms with E-state index in [9.17, 15) is 14.7 Å².